The van der Waals surface area contributed by atoms with E-state index in [1.54, 1.807) is 0 Å². The van der Waals surface area contributed by atoms with Crippen molar-refractivity contribution in [2.75, 3.05) is 6.61 Å². The van der Waals surface area contributed by atoms with Crippen molar-refractivity contribution in [1.82, 2.24) is 9.78 Å². The first kappa shape index (κ1) is 11.7. The van der Waals surface area contributed by atoms with Crippen LogP contribution in [-0.4, -0.2) is 31.3 Å². The topological polar surface area (TPSA) is 50.8 Å². The quantitative estimate of drug-likeness (QED) is 0.791. The molecule has 0 N–H and O–H groups in total. The molecule has 1 aromatic heterocycles. The number of rotatable bonds is 2. The summed E-state index contributed by atoms with van der Waals surface area (Å²) in [6.07, 6.45) is 5.27. The number of aromatic nitrogens is 2. The first-order valence-electron chi connectivity index (χ1n) is 6.03. The standard InChI is InChI=1S/C13H13N3OSe/c14-9-18-11-5-4-10-8-15-16(12(10)7-11)13-3-1-2-6-17-13/h4-5,7-8,13H,1-3,6H2. The fourth-order valence-electron chi connectivity index (χ4n) is 2.28. The van der Waals surface area contributed by atoms with E-state index in [0.29, 0.717) is 0 Å². The van der Waals surface area contributed by atoms with Gasteiger partial charge >= 0.3 is 112 Å². The average Bonchev–Trinajstić information content (AvgIpc) is 2.83. The van der Waals surface area contributed by atoms with Crippen molar-refractivity contribution in [2.24, 2.45) is 0 Å². The molecule has 0 spiro atoms. The van der Waals surface area contributed by atoms with Gasteiger partial charge in [-0.2, -0.15) is 0 Å². The number of ether oxygens (including phenoxy) is 1. The number of nitrogens with zero attached hydrogens (tertiary/aromatic N) is 3. The third-order valence-electron chi connectivity index (χ3n) is 3.16. The summed E-state index contributed by atoms with van der Waals surface area (Å²) in [5.41, 5.74) is 1.08. The van der Waals surface area contributed by atoms with Crippen LogP contribution in [0.1, 0.15) is 25.5 Å². The molecule has 5 heteroatoms. The van der Waals surface area contributed by atoms with Gasteiger partial charge in [-0.15, -0.1) is 0 Å². The predicted octanol–water partition coefficient (Wildman–Crippen LogP) is 1.55. The molecule has 2 aromatic rings. The van der Waals surface area contributed by atoms with Crippen molar-refractivity contribution in [3.05, 3.63) is 24.4 Å². The monoisotopic (exact) mass is 307 g/mol. The average molecular weight is 306 g/mol. The molecule has 2 heterocycles. The van der Waals surface area contributed by atoms with E-state index >= 15 is 0 Å². The van der Waals surface area contributed by atoms with Gasteiger partial charge in [-0.1, -0.05) is 0 Å². The zero-order valence-corrected chi connectivity index (χ0v) is 11.6. The van der Waals surface area contributed by atoms with Crippen molar-refractivity contribution in [3.63, 3.8) is 0 Å². The van der Waals surface area contributed by atoms with E-state index in [4.69, 9.17) is 10.00 Å². The predicted molar refractivity (Wildman–Crippen MR) is 69.6 cm³/mol. The van der Waals surface area contributed by atoms with Gasteiger partial charge in [0.15, 0.2) is 0 Å². The minimum atomic E-state index is -0.114. The Morgan fingerprint density at radius 2 is 2.39 bits per heavy atom. The summed E-state index contributed by atoms with van der Waals surface area (Å²) in [4.78, 5) is 2.24. The first-order chi connectivity index (χ1) is 8.88. The van der Waals surface area contributed by atoms with Crippen LogP contribution in [-0.2, 0) is 4.74 Å². The van der Waals surface area contributed by atoms with Crippen molar-refractivity contribution in [3.8, 4) is 4.97 Å². The summed E-state index contributed by atoms with van der Waals surface area (Å²) in [6.45, 7) is 0.813. The Labute approximate surface area is 112 Å². The van der Waals surface area contributed by atoms with Gasteiger partial charge in [0.25, 0.3) is 0 Å². The molecule has 18 heavy (non-hydrogen) atoms. The molecule has 3 rings (SSSR count). The first-order valence-corrected chi connectivity index (χ1v) is 7.74. The molecule has 1 atom stereocenters. The summed E-state index contributed by atoms with van der Waals surface area (Å²) in [6, 6.07) is 6.12. The van der Waals surface area contributed by atoms with Crippen molar-refractivity contribution >= 4 is 30.3 Å². The van der Waals surface area contributed by atoms with Gasteiger partial charge in [0.2, 0.25) is 0 Å². The van der Waals surface area contributed by atoms with Gasteiger partial charge in [0.05, 0.1) is 0 Å². The van der Waals surface area contributed by atoms with Gasteiger partial charge < -0.3 is 0 Å². The maximum absolute atomic E-state index is 8.79. The zero-order valence-electron chi connectivity index (χ0n) is 9.87. The Morgan fingerprint density at radius 1 is 1.44 bits per heavy atom. The molecule has 4 nitrogen and oxygen atoms in total. The van der Waals surface area contributed by atoms with Crippen molar-refractivity contribution in [2.45, 2.75) is 25.5 Å². The van der Waals surface area contributed by atoms with Crippen LogP contribution in [0, 0.1) is 10.2 Å². The van der Waals surface area contributed by atoms with E-state index in [0.717, 1.165) is 34.8 Å². The van der Waals surface area contributed by atoms with Crippen LogP contribution >= 0.6 is 0 Å². The van der Waals surface area contributed by atoms with Crippen LogP contribution in [0.3, 0.4) is 0 Å². The Hall–Kier alpha value is -1.34. The van der Waals surface area contributed by atoms with Crippen LogP contribution in [0.15, 0.2) is 24.4 Å². The molecular formula is C13H13N3OSe. The fourth-order valence-corrected chi connectivity index (χ4v) is 3.14. The Bertz CT molecular complexity index is 596. The molecule has 0 radical (unpaired) electrons. The van der Waals surface area contributed by atoms with Gasteiger partial charge in [-0.25, -0.2) is 0 Å². The summed E-state index contributed by atoms with van der Waals surface area (Å²) in [5, 5.41) is 14.3. The van der Waals surface area contributed by atoms with Crippen LogP contribution in [0.5, 0.6) is 0 Å². The zero-order chi connectivity index (χ0) is 12.4. The van der Waals surface area contributed by atoms with E-state index in [9.17, 15) is 0 Å². The molecule has 0 amide bonds. The summed E-state index contributed by atoms with van der Waals surface area (Å²) in [5.74, 6) is 0. The van der Waals surface area contributed by atoms with E-state index in [1.807, 2.05) is 23.0 Å². The maximum atomic E-state index is 8.79. The molecule has 1 fully saturated rings. The number of fused-ring (bicyclic) bond motifs is 1. The minimum absolute atomic E-state index is 0.0566. The van der Waals surface area contributed by atoms with E-state index in [-0.39, 0.29) is 21.2 Å². The van der Waals surface area contributed by atoms with E-state index in [2.05, 4.69) is 16.1 Å². The fraction of sp³-hybridized carbons (Fsp3) is 0.385. The Balaban J connectivity index is 2.00. The third-order valence-corrected chi connectivity index (χ3v) is 4.38. The molecule has 1 aromatic carbocycles. The summed E-state index contributed by atoms with van der Waals surface area (Å²) < 4.78 is 8.83. The van der Waals surface area contributed by atoms with Gasteiger partial charge in [0.1, 0.15) is 0 Å². The number of hydrogen-bond donors (Lipinski definition) is 0. The summed E-state index contributed by atoms with van der Waals surface area (Å²) in [7, 11) is 0. The van der Waals surface area contributed by atoms with Crippen LogP contribution < -0.4 is 4.46 Å². The second-order valence-electron chi connectivity index (χ2n) is 4.32. The number of nitriles is 1. The number of hydrogen-bond acceptors (Lipinski definition) is 3. The molecule has 0 aliphatic carbocycles. The van der Waals surface area contributed by atoms with Gasteiger partial charge in [-0.05, 0) is 0 Å². The Kier molecular flexibility index (Phi) is 3.33. The Morgan fingerprint density at radius 3 is 3.17 bits per heavy atom. The summed E-state index contributed by atoms with van der Waals surface area (Å²) >= 11 is -0.114. The van der Waals surface area contributed by atoms with Crippen LogP contribution in [0.2, 0.25) is 0 Å². The molecule has 1 saturated heterocycles. The van der Waals surface area contributed by atoms with E-state index < -0.39 is 0 Å². The molecule has 1 unspecified atom stereocenters. The molecule has 1 aliphatic rings. The van der Waals surface area contributed by atoms with E-state index in [1.165, 1.54) is 6.42 Å². The molecular weight excluding hydrogens is 293 g/mol. The van der Waals surface area contributed by atoms with Crippen LogP contribution in [0.4, 0.5) is 0 Å². The molecule has 1 aliphatic heterocycles. The van der Waals surface area contributed by atoms with Crippen LogP contribution in [0.25, 0.3) is 10.9 Å². The second-order valence-corrected chi connectivity index (χ2v) is 6.12. The van der Waals surface area contributed by atoms with Crippen molar-refractivity contribution in [1.29, 1.82) is 5.26 Å². The third kappa shape index (κ3) is 2.15. The normalized spacial score (nSPS) is 19.8. The van der Waals surface area contributed by atoms with Crippen molar-refractivity contribution < 1.29 is 4.74 Å². The van der Waals surface area contributed by atoms with Gasteiger partial charge in [0, 0.05) is 0 Å². The molecule has 0 bridgehead atoms. The van der Waals surface area contributed by atoms with Gasteiger partial charge in [-0.3, -0.25) is 0 Å². The number of benzene rings is 1. The molecule has 92 valence electrons. The second kappa shape index (κ2) is 5.11. The SMILES string of the molecule is N#C[Se]c1ccc2cnn(C3CCCCO3)c2c1. The molecule has 0 saturated carbocycles.